The van der Waals surface area contributed by atoms with E-state index in [0.717, 1.165) is 11.1 Å². The second kappa shape index (κ2) is 10.8. The highest BCUT2D eigenvalue weighted by Crippen LogP contribution is 2.31. The van der Waals surface area contributed by atoms with Crippen LogP contribution in [0.15, 0.2) is 101 Å². The van der Waals surface area contributed by atoms with Crippen molar-refractivity contribution in [3.8, 4) is 5.75 Å². The molecule has 198 valence electrons. The molecular formula is C27H26N2O7S2. The zero-order valence-electron chi connectivity index (χ0n) is 20.6. The number of carboxylic acid groups (broad SMARTS) is 1. The van der Waals surface area contributed by atoms with Crippen molar-refractivity contribution in [2.45, 2.75) is 22.3 Å². The summed E-state index contributed by atoms with van der Waals surface area (Å²) < 4.78 is 59.0. The summed E-state index contributed by atoms with van der Waals surface area (Å²) in [5.41, 5.74) is 1.33. The average molecular weight is 555 g/mol. The number of nitrogens with one attached hydrogen (secondary N) is 1. The Kier molecular flexibility index (Phi) is 7.72. The number of hydrogen-bond acceptors (Lipinski definition) is 7. The number of hydrogen-bond donors (Lipinski definition) is 2. The highest BCUT2D eigenvalue weighted by molar-refractivity contribution is 7.89. The number of benzene rings is 4. The van der Waals surface area contributed by atoms with Crippen LogP contribution in [-0.4, -0.2) is 48.0 Å². The zero-order chi connectivity index (χ0) is 27.5. The van der Waals surface area contributed by atoms with Crippen LogP contribution in [0.1, 0.15) is 5.56 Å². The van der Waals surface area contributed by atoms with Crippen molar-refractivity contribution in [2.24, 2.45) is 0 Å². The van der Waals surface area contributed by atoms with E-state index in [9.17, 15) is 26.7 Å². The molecule has 0 spiro atoms. The van der Waals surface area contributed by atoms with Crippen molar-refractivity contribution < 1.29 is 30.9 Å². The van der Waals surface area contributed by atoms with Crippen LogP contribution in [-0.2, 0) is 31.4 Å². The van der Waals surface area contributed by atoms with Gasteiger partial charge in [0.15, 0.2) is 0 Å². The molecule has 4 aromatic rings. The number of rotatable bonds is 10. The first-order valence-electron chi connectivity index (χ1n) is 11.5. The molecule has 0 aliphatic rings. The molecule has 1 atom stereocenters. The molecule has 0 fully saturated rings. The second-order valence-electron chi connectivity index (χ2n) is 8.73. The molecule has 0 aliphatic carbocycles. The monoisotopic (exact) mass is 554 g/mol. The van der Waals surface area contributed by atoms with Crippen molar-refractivity contribution in [3.05, 3.63) is 96.6 Å². The maximum absolute atomic E-state index is 13.1. The maximum Gasteiger partial charge on any atom is 0.339 e. The number of carboxylic acids is 1. The number of sulfonamides is 1. The Labute approximate surface area is 221 Å². The Morgan fingerprint density at radius 1 is 0.842 bits per heavy atom. The molecule has 38 heavy (non-hydrogen) atoms. The molecule has 0 heterocycles. The molecule has 0 aromatic heterocycles. The summed E-state index contributed by atoms with van der Waals surface area (Å²) in [6.07, 6.45) is -0.162. The SMILES string of the molecule is CN(C)c1cccc2c(S(=O)(=O)Oc3ccc(C[C@H](NS(=O)(=O)c4ccccc4)C(=O)O)cc3)cccc12. The zero-order valence-corrected chi connectivity index (χ0v) is 22.2. The van der Waals surface area contributed by atoms with Gasteiger partial charge in [-0.15, -0.1) is 0 Å². The van der Waals surface area contributed by atoms with E-state index in [1.54, 1.807) is 24.3 Å². The summed E-state index contributed by atoms with van der Waals surface area (Å²) in [7, 11) is -4.50. The Hall–Kier alpha value is -3.93. The predicted octanol–water partition coefficient (Wildman–Crippen LogP) is 3.65. The molecule has 2 N–H and O–H groups in total. The largest absolute Gasteiger partial charge is 0.480 e. The normalized spacial score (nSPS) is 12.7. The molecule has 0 saturated carbocycles. The Bertz CT molecular complexity index is 1670. The van der Waals surface area contributed by atoms with Gasteiger partial charge in [0.2, 0.25) is 10.0 Å². The fourth-order valence-corrected chi connectivity index (χ4v) is 6.35. The lowest BCUT2D eigenvalue weighted by Crippen LogP contribution is -2.42. The second-order valence-corrected chi connectivity index (χ2v) is 12.0. The number of carbonyl (C=O) groups is 1. The number of anilines is 1. The van der Waals surface area contributed by atoms with Crippen molar-refractivity contribution >= 4 is 42.6 Å². The van der Waals surface area contributed by atoms with Gasteiger partial charge in [-0.1, -0.05) is 54.6 Å². The average Bonchev–Trinajstić information content (AvgIpc) is 2.88. The smallest absolute Gasteiger partial charge is 0.339 e. The maximum atomic E-state index is 13.1. The molecule has 0 bridgehead atoms. The van der Waals surface area contributed by atoms with E-state index in [-0.39, 0.29) is 22.0 Å². The molecule has 0 radical (unpaired) electrons. The lowest BCUT2D eigenvalue weighted by atomic mass is 10.1. The summed E-state index contributed by atoms with van der Waals surface area (Å²) in [5, 5.41) is 10.9. The van der Waals surface area contributed by atoms with E-state index in [1.807, 2.05) is 31.1 Å². The minimum absolute atomic E-state index is 0.0176. The molecule has 4 rings (SSSR count). The summed E-state index contributed by atoms with van der Waals surface area (Å²) in [6.45, 7) is 0. The van der Waals surface area contributed by atoms with E-state index >= 15 is 0 Å². The van der Waals surface area contributed by atoms with E-state index in [2.05, 4.69) is 4.72 Å². The number of fused-ring (bicyclic) bond motifs is 1. The quantitative estimate of drug-likeness (QED) is 0.284. The van der Waals surface area contributed by atoms with Gasteiger partial charge in [-0.2, -0.15) is 13.1 Å². The van der Waals surface area contributed by atoms with Gasteiger partial charge < -0.3 is 14.2 Å². The van der Waals surface area contributed by atoms with Crippen LogP contribution < -0.4 is 13.8 Å². The first-order valence-corrected chi connectivity index (χ1v) is 14.4. The fourth-order valence-electron chi connectivity index (χ4n) is 4.00. The Morgan fingerprint density at radius 2 is 1.47 bits per heavy atom. The summed E-state index contributed by atoms with van der Waals surface area (Å²) >= 11 is 0. The summed E-state index contributed by atoms with van der Waals surface area (Å²) in [4.78, 5) is 13.6. The van der Waals surface area contributed by atoms with Crippen molar-refractivity contribution in [1.29, 1.82) is 0 Å². The minimum atomic E-state index is -4.19. The van der Waals surface area contributed by atoms with Crippen molar-refractivity contribution in [1.82, 2.24) is 4.72 Å². The summed E-state index contributed by atoms with van der Waals surface area (Å²) in [6, 6.07) is 22.1. The molecule has 0 amide bonds. The predicted molar refractivity (Wildman–Crippen MR) is 144 cm³/mol. The third-order valence-corrected chi connectivity index (χ3v) is 8.62. The van der Waals surface area contributed by atoms with Crippen LogP contribution in [0.2, 0.25) is 0 Å². The van der Waals surface area contributed by atoms with Gasteiger partial charge in [0.25, 0.3) is 0 Å². The minimum Gasteiger partial charge on any atom is -0.480 e. The number of nitrogens with zero attached hydrogens (tertiary/aromatic N) is 1. The lowest BCUT2D eigenvalue weighted by Gasteiger charge is -2.17. The fraction of sp³-hybridized carbons (Fsp3) is 0.148. The van der Waals surface area contributed by atoms with Crippen molar-refractivity contribution in [3.63, 3.8) is 0 Å². The van der Waals surface area contributed by atoms with Gasteiger partial charge in [0, 0.05) is 30.6 Å². The first-order chi connectivity index (χ1) is 18.0. The van der Waals surface area contributed by atoms with Crippen LogP contribution in [0.25, 0.3) is 10.8 Å². The highest BCUT2D eigenvalue weighted by atomic mass is 32.2. The first kappa shape index (κ1) is 27.1. The molecular weight excluding hydrogens is 528 g/mol. The van der Waals surface area contributed by atoms with Crippen LogP contribution in [0.5, 0.6) is 5.75 Å². The Morgan fingerprint density at radius 3 is 2.11 bits per heavy atom. The van der Waals surface area contributed by atoms with Gasteiger partial charge in [-0.3, -0.25) is 4.79 Å². The molecule has 4 aromatic carbocycles. The Balaban J connectivity index is 1.53. The molecule has 0 unspecified atom stereocenters. The van der Waals surface area contributed by atoms with Gasteiger partial charge >= 0.3 is 16.1 Å². The lowest BCUT2D eigenvalue weighted by molar-refractivity contribution is -0.138. The van der Waals surface area contributed by atoms with Crippen LogP contribution in [0.3, 0.4) is 0 Å². The molecule has 11 heteroatoms. The van der Waals surface area contributed by atoms with E-state index in [4.69, 9.17) is 4.18 Å². The van der Waals surface area contributed by atoms with Gasteiger partial charge in [0.1, 0.15) is 16.7 Å². The van der Waals surface area contributed by atoms with E-state index < -0.39 is 32.2 Å². The van der Waals surface area contributed by atoms with E-state index in [1.165, 1.54) is 54.6 Å². The van der Waals surface area contributed by atoms with E-state index in [0.29, 0.717) is 10.9 Å². The number of aliphatic carboxylic acids is 1. The molecule has 0 aliphatic heterocycles. The van der Waals surface area contributed by atoms with Crippen LogP contribution >= 0.6 is 0 Å². The van der Waals surface area contributed by atoms with Gasteiger partial charge in [0.05, 0.1) is 4.90 Å². The van der Waals surface area contributed by atoms with Crippen LogP contribution in [0.4, 0.5) is 5.69 Å². The molecule has 0 saturated heterocycles. The third kappa shape index (κ3) is 5.96. The third-order valence-electron chi connectivity index (χ3n) is 5.83. The van der Waals surface area contributed by atoms with Gasteiger partial charge in [-0.25, -0.2) is 8.42 Å². The highest BCUT2D eigenvalue weighted by Gasteiger charge is 2.26. The standard InChI is InChI=1S/C27H26N2O7S2/c1-29(2)25-12-6-11-23-22(25)10-7-13-26(23)38(34,35)36-20-16-14-19(15-17-20)18-24(27(30)31)28-37(32,33)21-8-4-3-5-9-21/h3-17,24,28H,18H2,1-2H3,(H,30,31)/t24-/m0/s1. The van der Waals surface area contributed by atoms with Crippen LogP contribution in [0, 0.1) is 0 Å². The van der Waals surface area contributed by atoms with Gasteiger partial charge in [-0.05, 0) is 48.4 Å². The van der Waals surface area contributed by atoms with Crippen molar-refractivity contribution in [2.75, 3.05) is 19.0 Å². The molecule has 9 nitrogen and oxygen atoms in total. The topological polar surface area (TPSA) is 130 Å². The summed E-state index contributed by atoms with van der Waals surface area (Å²) in [5.74, 6) is -1.31.